The number of H-pyrrole nitrogens is 1. The quantitative estimate of drug-likeness (QED) is 0.812. The Kier molecular flexibility index (Phi) is 2.21. The molecule has 1 heterocycles. The lowest BCUT2D eigenvalue weighted by molar-refractivity contribution is 1.01. The van der Waals surface area contributed by atoms with Crippen molar-refractivity contribution in [3.05, 3.63) is 37.6 Å². The highest BCUT2D eigenvalue weighted by molar-refractivity contribution is 9.11. The summed E-state index contributed by atoms with van der Waals surface area (Å²) in [4.78, 5) is 11.4. The van der Waals surface area contributed by atoms with Crippen LogP contribution in [0.15, 0.2) is 32.1 Å². The first-order chi connectivity index (χ1) is 6.20. The monoisotopic (exact) mass is 302 g/mol. The Labute approximate surface area is 90.4 Å². The zero-order valence-electron chi connectivity index (χ0n) is 6.34. The zero-order chi connectivity index (χ0) is 9.42. The van der Waals surface area contributed by atoms with Gasteiger partial charge in [-0.2, -0.15) is 5.10 Å². The maximum Gasteiger partial charge on any atom is 0.273 e. The fourth-order valence-corrected chi connectivity index (χ4v) is 2.09. The number of fused-ring (bicyclic) bond motifs is 1. The Morgan fingerprint density at radius 2 is 1.92 bits per heavy atom. The second-order valence-electron chi connectivity index (χ2n) is 2.52. The van der Waals surface area contributed by atoms with Gasteiger partial charge in [-0.15, -0.1) is 0 Å². The first-order valence-electron chi connectivity index (χ1n) is 3.51. The number of hydrogen-bond donors (Lipinski definition) is 1. The zero-order valence-corrected chi connectivity index (χ0v) is 9.52. The molecule has 2 rings (SSSR count). The molecular weight excluding hydrogens is 300 g/mol. The second kappa shape index (κ2) is 3.23. The van der Waals surface area contributed by atoms with Crippen molar-refractivity contribution < 1.29 is 0 Å². The summed E-state index contributed by atoms with van der Waals surface area (Å²) in [6.07, 6.45) is 1.62. The van der Waals surface area contributed by atoms with Crippen molar-refractivity contribution in [1.82, 2.24) is 10.2 Å². The van der Waals surface area contributed by atoms with Crippen LogP contribution in [0.5, 0.6) is 0 Å². The van der Waals surface area contributed by atoms with Crippen LogP contribution in [0.3, 0.4) is 0 Å². The molecule has 0 atom stereocenters. The standard InChI is InChI=1S/C8H4Br2N2O/c9-5-1-2-6(10)7-4(5)3-11-12-8(7)13/h1-3H,(H,12,13). The molecular formula is C8H4Br2N2O. The van der Waals surface area contributed by atoms with E-state index in [9.17, 15) is 4.79 Å². The van der Waals surface area contributed by atoms with Crippen LogP contribution in [0.25, 0.3) is 10.8 Å². The van der Waals surface area contributed by atoms with Gasteiger partial charge in [0.1, 0.15) is 0 Å². The molecule has 13 heavy (non-hydrogen) atoms. The van der Waals surface area contributed by atoms with Crippen molar-refractivity contribution in [2.45, 2.75) is 0 Å². The largest absolute Gasteiger partial charge is 0.273 e. The van der Waals surface area contributed by atoms with Crippen molar-refractivity contribution in [1.29, 1.82) is 0 Å². The molecule has 0 bridgehead atoms. The van der Waals surface area contributed by atoms with E-state index in [1.807, 2.05) is 12.1 Å². The van der Waals surface area contributed by atoms with E-state index in [0.29, 0.717) is 5.39 Å². The Morgan fingerprint density at radius 1 is 1.23 bits per heavy atom. The van der Waals surface area contributed by atoms with Crippen LogP contribution < -0.4 is 5.56 Å². The minimum atomic E-state index is -0.189. The van der Waals surface area contributed by atoms with Gasteiger partial charge in [0.25, 0.3) is 5.56 Å². The minimum Gasteiger partial charge on any atom is -0.267 e. The smallest absolute Gasteiger partial charge is 0.267 e. The van der Waals surface area contributed by atoms with E-state index in [4.69, 9.17) is 0 Å². The Hall–Kier alpha value is -0.680. The van der Waals surface area contributed by atoms with E-state index >= 15 is 0 Å². The number of benzene rings is 1. The molecule has 0 saturated heterocycles. The summed E-state index contributed by atoms with van der Waals surface area (Å²) in [5.74, 6) is 0. The summed E-state index contributed by atoms with van der Waals surface area (Å²) >= 11 is 6.66. The van der Waals surface area contributed by atoms with Crippen molar-refractivity contribution in [3.8, 4) is 0 Å². The third kappa shape index (κ3) is 1.42. The number of nitrogens with zero attached hydrogens (tertiary/aromatic N) is 1. The normalized spacial score (nSPS) is 10.6. The predicted molar refractivity (Wildman–Crippen MR) is 57.8 cm³/mol. The fourth-order valence-electron chi connectivity index (χ4n) is 1.14. The van der Waals surface area contributed by atoms with Crippen LogP contribution in [0.2, 0.25) is 0 Å². The van der Waals surface area contributed by atoms with E-state index in [1.54, 1.807) is 6.20 Å². The first kappa shape index (κ1) is 8.90. The Bertz CT molecular complexity index is 521. The molecule has 0 aliphatic carbocycles. The van der Waals surface area contributed by atoms with Gasteiger partial charge in [0.05, 0.1) is 11.6 Å². The summed E-state index contributed by atoms with van der Waals surface area (Å²) in [5.41, 5.74) is -0.189. The maximum atomic E-state index is 11.4. The van der Waals surface area contributed by atoms with Crippen LogP contribution in [0.4, 0.5) is 0 Å². The highest BCUT2D eigenvalue weighted by Crippen LogP contribution is 2.26. The molecule has 66 valence electrons. The number of rotatable bonds is 0. The molecule has 1 aromatic carbocycles. The van der Waals surface area contributed by atoms with Gasteiger partial charge in [0.15, 0.2) is 0 Å². The van der Waals surface area contributed by atoms with E-state index in [0.717, 1.165) is 14.3 Å². The fraction of sp³-hybridized carbons (Fsp3) is 0. The molecule has 0 spiro atoms. The van der Waals surface area contributed by atoms with Gasteiger partial charge in [-0.05, 0) is 28.1 Å². The van der Waals surface area contributed by atoms with Crippen LogP contribution in [0.1, 0.15) is 0 Å². The first-order valence-corrected chi connectivity index (χ1v) is 5.10. The predicted octanol–water partition coefficient (Wildman–Crippen LogP) is 2.45. The van der Waals surface area contributed by atoms with Gasteiger partial charge in [0.2, 0.25) is 0 Å². The number of hydrogen-bond acceptors (Lipinski definition) is 2. The van der Waals surface area contributed by atoms with Crippen LogP contribution in [0, 0.1) is 0 Å². The van der Waals surface area contributed by atoms with Gasteiger partial charge in [-0.25, -0.2) is 5.10 Å². The van der Waals surface area contributed by atoms with Crippen LogP contribution >= 0.6 is 31.9 Å². The third-order valence-corrected chi connectivity index (χ3v) is 3.08. The van der Waals surface area contributed by atoms with Crippen LogP contribution in [-0.4, -0.2) is 10.2 Å². The molecule has 0 amide bonds. The number of halogens is 2. The molecule has 0 saturated carbocycles. The third-order valence-electron chi connectivity index (χ3n) is 1.73. The van der Waals surface area contributed by atoms with Crippen molar-refractivity contribution in [3.63, 3.8) is 0 Å². The van der Waals surface area contributed by atoms with Crippen LogP contribution in [-0.2, 0) is 0 Å². The number of nitrogens with one attached hydrogen (secondary N) is 1. The van der Waals surface area contributed by atoms with Gasteiger partial charge < -0.3 is 0 Å². The van der Waals surface area contributed by atoms with Crippen molar-refractivity contribution in [2.24, 2.45) is 0 Å². The molecule has 1 N–H and O–H groups in total. The summed E-state index contributed by atoms with van der Waals surface area (Å²) in [7, 11) is 0. The molecule has 0 radical (unpaired) electrons. The van der Waals surface area contributed by atoms with Gasteiger partial charge in [0, 0.05) is 14.3 Å². The Balaban J connectivity index is 3.09. The number of aromatic amines is 1. The lowest BCUT2D eigenvalue weighted by atomic mass is 10.2. The summed E-state index contributed by atoms with van der Waals surface area (Å²) < 4.78 is 1.64. The average Bonchev–Trinajstić information content (AvgIpc) is 2.12. The van der Waals surface area contributed by atoms with Gasteiger partial charge >= 0.3 is 0 Å². The molecule has 3 nitrogen and oxygen atoms in total. The SMILES string of the molecule is O=c1[nH]ncc2c(Br)ccc(Br)c12. The van der Waals surface area contributed by atoms with Gasteiger partial charge in [-0.3, -0.25) is 4.79 Å². The minimum absolute atomic E-state index is 0.189. The maximum absolute atomic E-state index is 11.4. The lowest BCUT2D eigenvalue weighted by Gasteiger charge is -2.00. The lowest BCUT2D eigenvalue weighted by Crippen LogP contribution is -2.07. The van der Waals surface area contributed by atoms with E-state index < -0.39 is 0 Å². The molecule has 0 unspecified atom stereocenters. The molecule has 2 aromatic rings. The van der Waals surface area contributed by atoms with Crippen molar-refractivity contribution >= 4 is 42.6 Å². The molecule has 0 aliphatic heterocycles. The van der Waals surface area contributed by atoms with E-state index in [2.05, 4.69) is 42.1 Å². The van der Waals surface area contributed by atoms with E-state index in [-0.39, 0.29) is 5.56 Å². The average molecular weight is 304 g/mol. The molecule has 0 aliphatic rings. The molecule has 0 fully saturated rings. The number of aromatic nitrogens is 2. The summed E-state index contributed by atoms with van der Waals surface area (Å²) in [6.45, 7) is 0. The highest BCUT2D eigenvalue weighted by Gasteiger charge is 2.05. The second-order valence-corrected chi connectivity index (χ2v) is 4.23. The highest BCUT2D eigenvalue weighted by atomic mass is 79.9. The van der Waals surface area contributed by atoms with E-state index in [1.165, 1.54) is 0 Å². The topological polar surface area (TPSA) is 45.8 Å². The summed E-state index contributed by atoms with van der Waals surface area (Å²) in [6, 6.07) is 3.69. The van der Waals surface area contributed by atoms with Gasteiger partial charge in [-0.1, -0.05) is 15.9 Å². The van der Waals surface area contributed by atoms with Crippen molar-refractivity contribution in [2.75, 3.05) is 0 Å². The molecule has 1 aromatic heterocycles. The molecule has 5 heteroatoms. The Morgan fingerprint density at radius 3 is 2.62 bits per heavy atom. The summed E-state index contributed by atoms with van der Waals surface area (Å²) in [5, 5.41) is 7.53.